The van der Waals surface area contributed by atoms with Crippen LogP contribution in [-0.2, 0) is 19.4 Å². The number of rotatable bonds is 4. The number of ether oxygens (including phenoxy) is 1. The highest BCUT2D eigenvalue weighted by molar-refractivity contribution is 7.91. The maximum Gasteiger partial charge on any atom is 0.410 e. The number of carbonyl (C=O) groups excluding carboxylic acids is 1. The van der Waals surface area contributed by atoms with Gasteiger partial charge in [-0.1, -0.05) is 48.5 Å². The van der Waals surface area contributed by atoms with E-state index < -0.39 is 33.2 Å². The van der Waals surface area contributed by atoms with Gasteiger partial charge >= 0.3 is 12.1 Å². The second-order valence-corrected chi connectivity index (χ2v) is 9.82. The quantitative estimate of drug-likeness (QED) is 0.823. The molecule has 0 aromatic heterocycles. The summed E-state index contributed by atoms with van der Waals surface area (Å²) in [6.07, 6.45) is 0.126. The second kappa shape index (κ2) is 7.18. The van der Waals surface area contributed by atoms with Crippen molar-refractivity contribution in [2.24, 2.45) is 0 Å². The highest BCUT2D eigenvalue weighted by Gasteiger charge is 2.44. The minimum atomic E-state index is -3.46. The number of aliphatic carboxylic acids is 1. The molecule has 0 radical (unpaired) electrons. The molecule has 1 saturated heterocycles. The van der Waals surface area contributed by atoms with Gasteiger partial charge in [0.15, 0.2) is 9.84 Å². The summed E-state index contributed by atoms with van der Waals surface area (Å²) in [4.78, 5) is 25.2. The maximum absolute atomic E-state index is 12.7. The average Bonchev–Trinajstić information content (AvgIpc) is 3.27. The van der Waals surface area contributed by atoms with Crippen LogP contribution in [0.5, 0.6) is 0 Å². The summed E-state index contributed by atoms with van der Waals surface area (Å²) in [5.74, 6) is -1.38. The molecular formula is C21H21NO6S. The van der Waals surface area contributed by atoms with Crippen molar-refractivity contribution in [1.82, 2.24) is 4.90 Å². The first kappa shape index (κ1) is 19.4. The van der Waals surface area contributed by atoms with E-state index in [4.69, 9.17) is 4.74 Å². The number of sulfone groups is 1. The van der Waals surface area contributed by atoms with Gasteiger partial charge in [-0.2, -0.15) is 0 Å². The van der Waals surface area contributed by atoms with Crippen molar-refractivity contribution in [3.05, 3.63) is 59.7 Å². The average molecular weight is 415 g/mol. The Bertz CT molecular complexity index is 1030. The normalized spacial score (nSPS) is 20.9. The summed E-state index contributed by atoms with van der Waals surface area (Å²) in [5.41, 5.74) is 4.27. The smallest absolute Gasteiger partial charge is 0.410 e. The van der Waals surface area contributed by atoms with E-state index in [2.05, 4.69) is 0 Å². The van der Waals surface area contributed by atoms with Crippen molar-refractivity contribution >= 4 is 21.9 Å². The summed E-state index contributed by atoms with van der Waals surface area (Å²) in [7, 11) is -3.46. The Labute approximate surface area is 168 Å². The van der Waals surface area contributed by atoms with Crippen LogP contribution in [-0.4, -0.2) is 61.2 Å². The third-order valence-corrected chi connectivity index (χ3v) is 7.28. The number of carboxylic acid groups (broad SMARTS) is 1. The minimum Gasteiger partial charge on any atom is -0.480 e. The number of carbonyl (C=O) groups is 2. The molecule has 7 nitrogen and oxygen atoms in total. The van der Waals surface area contributed by atoms with Crippen LogP contribution in [0.25, 0.3) is 11.1 Å². The first-order chi connectivity index (χ1) is 13.8. The van der Waals surface area contributed by atoms with Crippen LogP contribution in [0.3, 0.4) is 0 Å². The second-order valence-electron chi connectivity index (χ2n) is 7.50. The summed E-state index contributed by atoms with van der Waals surface area (Å²) in [6.45, 7) is -0.119. The number of benzene rings is 2. The van der Waals surface area contributed by atoms with Crippen molar-refractivity contribution in [2.75, 3.05) is 19.4 Å². The Kier molecular flexibility index (Phi) is 4.82. The van der Waals surface area contributed by atoms with E-state index in [0.717, 1.165) is 33.4 Å². The van der Waals surface area contributed by atoms with Crippen LogP contribution < -0.4 is 0 Å². The molecule has 2 aliphatic rings. The maximum atomic E-state index is 12.7. The van der Waals surface area contributed by atoms with Gasteiger partial charge in [0.25, 0.3) is 0 Å². The number of fused-ring (bicyclic) bond motifs is 3. The summed E-state index contributed by atoms with van der Waals surface area (Å²) in [6, 6.07) is 14.6. The van der Waals surface area contributed by atoms with Gasteiger partial charge in [-0.05, 0) is 28.7 Å². The number of hydrogen-bond acceptors (Lipinski definition) is 5. The zero-order chi connectivity index (χ0) is 20.8. The van der Waals surface area contributed by atoms with E-state index >= 15 is 0 Å². The largest absolute Gasteiger partial charge is 0.480 e. The third-order valence-electron chi connectivity index (χ3n) is 5.72. The Hall–Kier alpha value is -2.87. The van der Waals surface area contributed by atoms with Crippen molar-refractivity contribution in [3.63, 3.8) is 0 Å². The fourth-order valence-electron chi connectivity index (χ4n) is 4.22. The predicted octanol–water partition coefficient (Wildman–Crippen LogP) is 2.51. The van der Waals surface area contributed by atoms with E-state index in [1.165, 1.54) is 0 Å². The van der Waals surface area contributed by atoms with E-state index in [9.17, 15) is 23.1 Å². The summed E-state index contributed by atoms with van der Waals surface area (Å²) in [5, 5.41) is 8.51. The van der Waals surface area contributed by atoms with E-state index in [0.29, 0.717) is 0 Å². The molecule has 152 valence electrons. The molecule has 1 heterocycles. The fraction of sp³-hybridized carbons (Fsp3) is 0.333. The highest BCUT2D eigenvalue weighted by Crippen LogP contribution is 2.44. The van der Waals surface area contributed by atoms with Crippen molar-refractivity contribution in [3.8, 4) is 11.1 Å². The van der Waals surface area contributed by atoms with Crippen LogP contribution >= 0.6 is 0 Å². The predicted molar refractivity (Wildman–Crippen MR) is 106 cm³/mol. The number of likely N-dealkylation sites (tertiary alicyclic amines) is 1. The molecule has 0 unspecified atom stereocenters. The van der Waals surface area contributed by atoms with Gasteiger partial charge in [-0.15, -0.1) is 0 Å². The molecule has 0 spiro atoms. The molecule has 1 aliphatic carbocycles. The molecule has 2 aromatic carbocycles. The van der Waals surface area contributed by atoms with E-state index in [-0.39, 0.29) is 25.5 Å². The molecule has 2 atom stereocenters. The molecular weight excluding hydrogens is 394 g/mol. The van der Waals surface area contributed by atoms with Crippen LogP contribution in [0.1, 0.15) is 23.5 Å². The first-order valence-corrected chi connectivity index (χ1v) is 11.3. The molecule has 1 amide bonds. The number of nitrogens with zero attached hydrogens (tertiary/aromatic N) is 1. The first-order valence-electron chi connectivity index (χ1n) is 9.30. The lowest BCUT2D eigenvalue weighted by Gasteiger charge is -2.22. The Morgan fingerprint density at radius 1 is 1.07 bits per heavy atom. The summed E-state index contributed by atoms with van der Waals surface area (Å²) < 4.78 is 29.2. The van der Waals surface area contributed by atoms with Crippen molar-refractivity contribution in [1.29, 1.82) is 0 Å². The van der Waals surface area contributed by atoms with Crippen LogP contribution in [0.4, 0.5) is 4.79 Å². The molecule has 1 N–H and O–H groups in total. The molecule has 0 saturated carbocycles. The SMILES string of the molecule is CS(=O)(=O)[C@H]1C[C@H](C(=O)O)N(C(=O)OCC2c3ccccc3-c3ccccc32)C1. The van der Waals surface area contributed by atoms with Gasteiger partial charge in [-0.3, -0.25) is 4.90 Å². The van der Waals surface area contributed by atoms with E-state index in [1.807, 2.05) is 48.5 Å². The van der Waals surface area contributed by atoms with Gasteiger partial charge in [0.2, 0.25) is 0 Å². The number of hydrogen-bond donors (Lipinski definition) is 1. The molecule has 8 heteroatoms. The van der Waals surface area contributed by atoms with Crippen LogP contribution in [0.15, 0.2) is 48.5 Å². The molecule has 1 fully saturated rings. The molecule has 0 bridgehead atoms. The zero-order valence-corrected chi connectivity index (χ0v) is 16.6. The lowest BCUT2D eigenvalue weighted by molar-refractivity contribution is -0.141. The van der Waals surface area contributed by atoms with Crippen LogP contribution in [0.2, 0.25) is 0 Å². The topological polar surface area (TPSA) is 101 Å². The molecule has 1 aliphatic heterocycles. The standard InChI is InChI=1S/C21H21NO6S/c1-29(26,27)13-10-19(20(23)24)22(11-13)21(25)28-12-18-16-8-4-2-6-14(16)15-7-3-5-9-17(15)18/h2-9,13,18-19H,10-12H2,1H3,(H,23,24)/t13-,19+/m0/s1. The molecule has 2 aromatic rings. The van der Waals surface area contributed by atoms with Gasteiger partial charge in [0.05, 0.1) is 5.25 Å². The van der Waals surface area contributed by atoms with Gasteiger partial charge < -0.3 is 9.84 Å². The Morgan fingerprint density at radius 3 is 2.14 bits per heavy atom. The number of carboxylic acids is 1. The highest BCUT2D eigenvalue weighted by atomic mass is 32.2. The van der Waals surface area contributed by atoms with Gasteiger partial charge in [0, 0.05) is 18.7 Å². The molecule has 4 rings (SSSR count). The zero-order valence-electron chi connectivity index (χ0n) is 15.8. The fourth-order valence-corrected chi connectivity index (χ4v) is 5.18. The Balaban J connectivity index is 1.53. The number of amides is 1. The lowest BCUT2D eigenvalue weighted by atomic mass is 9.98. The van der Waals surface area contributed by atoms with Crippen molar-refractivity contribution in [2.45, 2.75) is 23.6 Å². The third kappa shape index (κ3) is 3.48. The molecule has 29 heavy (non-hydrogen) atoms. The minimum absolute atomic E-state index is 0.0548. The monoisotopic (exact) mass is 415 g/mol. The summed E-state index contributed by atoms with van der Waals surface area (Å²) >= 11 is 0. The van der Waals surface area contributed by atoms with Gasteiger partial charge in [0.1, 0.15) is 12.6 Å². The Morgan fingerprint density at radius 2 is 1.62 bits per heavy atom. The van der Waals surface area contributed by atoms with E-state index in [1.54, 1.807) is 0 Å². The van der Waals surface area contributed by atoms with Gasteiger partial charge in [-0.25, -0.2) is 18.0 Å². The van der Waals surface area contributed by atoms with Crippen LogP contribution in [0, 0.1) is 0 Å². The lowest BCUT2D eigenvalue weighted by Crippen LogP contribution is -2.41. The van der Waals surface area contributed by atoms with Crippen molar-refractivity contribution < 1.29 is 27.9 Å².